The second kappa shape index (κ2) is 3.84. The van der Waals surface area contributed by atoms with Gasteiger partial charge in [-0.2, -0.15) is 0 Å². The molecule has 0 radical (unpaired) electrons. The third-order valence-corrected chi connectivity index (χ3v) is 0.938. The first-order valence-corrected chi connectivity index (χ1v) is 2.72. The van der Waals surface area contributed by atoms with Crippen molar-refractivity contribution in [2.45, 2.75) is 0 Å². The molecular formula is C5H11N3O2. The maximum Gasteiger partial charge on any atom is 0.290 e. The van der Waals surface area contributed by atoms with Crippen LogP contribution in [-0.2, 0) is 4.79 Å². The standard InChI is InChI=1S/C5H11N3O2/c1-6-4(7-10)5(9)8(2)3/h10H,1-3H3,(H,6,7). The second-order valence-corrected chi connectivity index (χ2v) is 1.88. The molecular weight excluding hydrogens is 134 g/mol. The maximum atomic E-state index is 10.9. The van der Waals surface area contributed by atoms with Crippen LogP contribution in [0.25, 0.3) is 0 Å². The fraction of sp³-hybridized carbons (Fsp3) is 0.600. The van der Waals surface area contributed by atoms with Crippen molar-refractivity contribution in [2.75, 3.05) is 21.1 Å². The molecule has 0 aliphatic rings. The van der Waals surface area contributed by atoms with Gasteiger partial charge in [0.05, 0.1) is 0 Å². The first-order valence-electron chi connectivity index (χ1n) is 2.72. The first kappa shape index (κ1) is 8.90. The van der Waals surface area contributed by atoms with E-state index in [4.69, 9.17) is 5.21 Å². The van der Waals surface area contributed by atoms with E-state index in [0.717, 1.165) is 0 Å². The maximum absolute atomic E-state index is 10.9. The topological polar surface area (TPSA) is 64.9 Å². The summed E-state index contributed by atoms with van der Waals surface area (Å²) < 4.78 is 0. The van der Waals surface area contributed by atoms with E-state index in [1.54, 1.807) is 19.6 Å². The Labute approximate surface area is 59.3 Å². The van der Waals surface area contributed by atoms with Crippen molar-refractivity contribution in [3.63, 3.8) is 0 Å². The molecule has 0 atom stereocenters. The monoisotopic (exact) mass is 145 g/mol. The summed E-state index contributed by atoms with van der Waals surface area (Å²) >= 11 is 0. The molecule has 0 aromatic rings. The zero-order valence-corrected chi connectivity index (χ0v) is 6.25. The normalized spacial score (nSPS) is 11.0. The summed E-state index contributed by atoms with van der Waals surface area (Å²) in [7, 11) is 4.57. The van der Waals surface area contributed by atoms with Gasteiger partial charge in [0, 0.05) is 21.1 Å². The van der Waals surface area contributed by atoms with E-state index in [9.17, 15) is 4.79 Å². The Hall–Kier alpha value is -1.10. The zero-order valence-electron chi connectivity index (χ0n) is 6.25. The van der Waals surface area contributed by atoms with Gasteiger partial charge in [0.15, 0.2) is 0 Å². The molecule has 58 valence electrons. The van der Waals surface area contributed by atoms with Crippen LogP contribution in [0.3, 0.4) is 0 Å². The van der Waals surface area contributed by atoms with Crippen molar-refractivity contribution >= 4 is 11.7 Å². The molecule has 5 heteroatoms. The number of hydrogen-bond donors (Lipinski definition) is 2. The Morgan fingerprint density at radius 2 is 2.10 bits per heavy atom. The van der Waals surface area contributed by atoms with Crippen molar-refractivity contribution in [1.82, 2.24) is 10.4 Å². The number of aliphatic imine (C=N–C) groups is 1. The summed E-state index contributed by atoms with van der Waals surface area (Å²) in [6, 6.07) is 0. The highest BCUT2D eigenvalue weighted by atomic mass is 16.5. The molecule has 0 saturated carbocycles. The Kier molecular flexibility index (Phi) is 3.42. The molecule has 0 spiro atoms. The molecule has 0 unspecified atom stereocenters. The van der Waals surface area contributed by atoms with E-state index in [-0.39, 0.29) is 11.7 Å². The highest BCUT2D eigenvalue weighted by Crippen LogP contribution is 1.79. The highest BCUT2D eigenvalue weighted by molar-refractivity contribution is 6.37. The van der Waals surface area contributed by atoms with Gasteiger partial charge in [0.2, 0.25) is 5.84 Å². The fourth-order valence-electron chi connectivity index (χ4n) is 0.405. The van der Waals surface area contributed by atoms with E-state index in [1.807, 2.05) is 0 Å². The minimum atomic E-state index is -0.356. The van der Waals surface area contributed by atoms with Gasteiger partial charge in [-0.25, -0.2) is 5.48 Å². The van der Waals surface area contributed by atoms with Crippen LogP contribution >= 0.6 is 0 Å². The van der Waals surface area contributed by atoms with Crippen molar-refractivity contribution < 1.29 is 10.0 Å². The Morgan fingerprint density at radius 3 is 2.20 bits per heavy atom. The molecule has 0 aromatic carbocycles. The Balaban J connectivity index is 4.18. The molecule has 2 N–H and O–H groups in total. The number of hydrogen-bond acceptors (Lipinski definition) is 3. The summed E-state index contributed by atoms with van der Waals surface area (Å²) in [6.45, 7) is 0. The SMILES string of the molecule is CN=C(NO)C(=O)N(C)C. The number of carbonyl (C=O) groups is 1. The summed E-state index contributed by atoms with van der Waals surface area (Å²) in [5.41, 5.74) is 1.69. The average Bonchev–Trinajstić information content (AvgIpc) is 1.90. The lowest BCUT2D eigenvalue weighted by molar-refractivity contribution is -0.122. The van der Waals surface area contributed by atoms with Crippen molar-refractivity contribution in [3.8, 4) is 0 Å². The van der Waals surface area contributed by atoms with Crippen LogP contribution in [0.1, 0.15) is 0 Å². The lowest BCUT2D eigenvalue weighted by Crippen LogP contribution is -2.37. The molecule has 0 aromatic heterocycles. The predicted molar refractivity (Wildman–Crippen MR) is 37.0 cm³/mol. The van der Waals surface area contributed by atoms with Gasteiger partial charge < -0.3 is 4.90 Å². The second-order valence-electron chi connectivity index (χ2n) is 1.88. The van der Waals surface area contributed by atoms with Gasteiger partial charge in [0.1, 0.15) is 0 Å². The number of rotatable bonds is 0. The number of amides is 1. The predicted octanol–water partition coefficient (Wildman–Crippen LogP) is -0.918. The van der Waals surface area contributed by atoms with E-state index in [0.29, 0.717) is 0 Å². The number of hydroxylamine groups is 1. The van der Waals surface area contributed by atoms with Crippen LogP contribution in [0, 0.1) is 0 Å². The van der Waals surface area contributed by atoms with E-state index in [2.05, 4.69) is 4.99 Å². The first-order chi connectivity index (χ1) is 4.63. The van der Waals surface area contributed by atoms with Crippen LogP contribution in [0.4, 0.5) is 0 Å². The largest absolute Gasteiger partial charge is 0.342 e. The quantitative estimate of drug-likeness (QED) is 0.263. The summed E-state index contributed by atoms with van der Waals surface area (Å²) in [5, 5.41) is 8.32. The number of likely N-dealkylation sites (N-methyl/N-ethyl adjacent to an activating group) is 1. The molecule has 1 amide bonds. The lowest BCUT2D eigenvalue weighted by Gasteiger charge is -2.09. The third-order valence-electron chi connectivity index (χ3n) is 0.938. The molecule has 0 saturated heterocycles. The van der Waals surface area contributed by atoms with E-state index < -0.39 is 0 Å². The van der Waals surface area contributed by atoms with Gasteiger partial charge >= 0.3 is 0 Å². The van der Waals surface area contributed by atoms with Crippen LogP contribution in [0.15, 0.2) is 4.99 Å². The van der Waals surface area contributed by atoms with Crippen LogP contribution in [-0.4, -0.2) is 43.0 Å². The minimum Gasteiger partial charge on any atom is -0.342 e. The van der Waals surface area contributed by atoms with Crippen LogP contribution in [0.5, 0.6) is 0 Å². The van der Waals surface area contributed by atoms with Gasteiger partial charge in [-0.05, 0) is 0 Å². The fourth-order valence-corrected chi connectivity index (χ4v) is 0.405. The lowest BCUT2D eigenvalue weighted by atomic mass is 10.5. The number of amidine groups is 1. The molecule has 0 heterocycles. The minimum absolute atomic E-state index is 0.0648. The van der Waals surface area contributed by atoms with Crippen LogP contribution < -0.4 is 5.48 Å². The Bertz CT molecular complexity index is 153. The third kappa shape index (κ3) is 2.02. The number of nitrogens with one attached hydrogen (secondary N) is 1. The van der Waals surface area contributed by atoms with Gasteiger partial charge in [-0.1, -0.05) is 0 Å². The number of nitrogens with zero attached hydrogens (tertiary/aromatic N) is 2. The summed E-state index contributed by atoms with van der Waals surface area (Å²) in [5.74, 6) is -0.421. The molecule has 0 fully saturated rings. The zero-order chi connectivity index (χ0) is 8.15. The van der Waals surface area contributed by atoms with Gasteiger partial charge in [0.25, 0.3) is 5.91 Å². The summed E-state index contributed by atoms with van der Waals surface area (Å²) in [6.07, 6.45) is 0. The molecule has 0 bridgehead atoms. The average molecular weight is 145 g/mol. The van der Waals surface area contributed by atoms with Crippen molar-refractivity contribution in [1.29, 1.82) is 0 Å². The molecule has 10 heavy (non-hydrogen) atoms. The van der Waals surface area contributed by atoms with Gasteiger partial charge in [-0.3, -0.25) is 15.0 Å². The van der Waals surface area contributed by atoms with E-state index >= 15 is 0 Å². The van der Waals surface area contributed by atoms with Crippen molar-refractivity contribution in [2.24, 2.45) is 4.99 Å². The smallest absolute Gasteiger partial charge is 0.290 e. The van der Waals surface area contributed by atoms with Gasteiger partial charge in [-0.15, -0.1) is 0 Å². The highest BCUT2D eigenvalue weighted by Gasteiger charge is 2.10. The summed E-state index contributed by atoms with van der Waals surface area (Å²) in [4.78, 5) is 15.7. The Morgan fingerprint density at radius 1 is 1.60 bits per heavy atom. The molecule has 0 rings (SSSR count). The molecule has 5 nitrogen and oxygen atoms in total. The molecule has 0 aliphatic carbocycles. The number of carbonyl (C=O) groups excluding carboxylic acids is 1. The van der Waals surface area contributed by atoms with Crippen LogP contribution in [0.2, 0.25) is 0 Å². The van der Waals surface area contributed by atoms with Crippen molar-refractivity contribution in [3.05, 3.63) is 0 Å². The van der Waals surface area contributed by atoms with E-state index in [1.165, 1.54) is 11.9 Å². The molecule has 0 aliphatic heterocycles.